The maximum Gasteiger partial charge on any atom is 0.271 e. The Morgan fingerprint density at radius 1 is 0.949 bits per heavy atom. The van der Waals surface area contributed by atoms with E-state index in [0.717, 1.165) is 44.6 Å². The zero-order valence-corrected chi connectivity index (χ0v) is 23.4. The van der Waals surface area contributed by atoms with Gasteiger partial charge >= 0.3 is 0 Å². The number of fused-ring (bicyclic) bond motifs is 3. The average Bonchev–Trinajstić information content (AvgIpc) is 3.69. The number of pyridine rings is 1. The third-order valence-electron chi connectivity index (χ3n) is 7.35. The summed E-state index contributed by atoms with van der Waals surface area (Å²) >= 11 is 5.55. The van der Waals surface area contributed by atoms with E-state index >= 15 is 0 Å². The van der Waals surface area contributed by atoms with Crippen molar-refractivity contribution in [2.75, 3.05) is 5.32 Å². The lowest BCUT2D eigenvalue weighted by atomic mass is 9.95. The molecule has 0 aliphatic heterocycles. The Bertz CT molecular complexity index is 1750. The van der Waals surface area contributed by atoms with Gasteiger partial charge in [0.15, 0.2) is 0 Å². The highest BCUT2D eigenvalue weighted by molar-refractivity contribution is 7.80. The van der Waals surface area contributed by atoms with Crippen molar-refractivity contribution in [1.82, 2.24) is 24.1 Å². The molecule has 0 bridgehead atoms. The molecule has 0 amide bonds. The van der Waals surface area contributed by atoms with Crippen LogP contribution in [0.1, 0.15) is 56.8 Å². The van der Waals surface area contributed by atoms with Crippen LogP contribution in [0.4, 0.5) is 5.69 Å². The lowest BCUT2D eigenvalue weighted by Crippen LogP contribution is -2.26. The SMILES string of the molecule is Cc1ncc(S)c(=O)n1-c1ccccc1.O=c1c2sc3nccc(NC4CC4)c3c2ncn1C1CCCCC1. The van der Waals surface area contributed by atoms with Gasteiger partial charge in [-0.05, 0) is 50.8 Å². The highest BCUT2D eigenvalue weighted by Gasteiger charge is 2.24. The molecule has 2 fully saturated rings. The maximum atomic E-state index is 13.0. The topological polar surface area (TPSA) is 94.7 Å². The van der Waals surface area contributed by atoms with Gasteiger partial charge in [-0.3, -0.25) is 18.7 Å². The number of benzene rings is 1. The number of aromatic nitrogens is 5. The first-order chi connectivity index (χ1) is 19.0. The molecule has 1 aromatic carbocycles. The summed E-state index contributed by atoms with van der Waals surface area (Å²) in [5.74, 6) is 0.656. The molecule has 39 heavy (non-hydrogen) atoms. The second-order valence-corrected chi connectivity index (χ2v) is 11.6. The number of rotatable bonds is 4. The van der Waals surface area contributed by atoms with E-state index in [-0.39, 0.29) is 11.1 Å². The predicted molar refractivity (Wildman–Crippen MR) is 160 cm³/mol. The third kappa shape index (κ3) is 5.23. The number of anilines is 1. The van der Waals surface area contributed by atoms with Gasteiger partial charge in [-0.2, -0.15) is 0 Å². The zero-order valence-electron chi connectivity index (χ0n) is 21.7. The van der Waals surface area contributed by atoms with E-state index in [2.05, 4.69) is 32.9 Å². The fourth-order valence-corrected chi connectivity index (χ4v) is 6.38. The van der Waals surface area contributed by atoms with Crippen LogP contribution in [0.25, 0.3) is 26.1 Å². The molecule has 200 valence electrons. The fraction of sp³-hybridized carbons (Fsp3) is 0.345. The smallest absolute Gasteiger partial charge is 0.271 e. The molecule has 0 radical (unpaired) electrons. The van der Waals surface area contributed by atoms with Crippen LogP contribution in [0.3, 0.4) is 0 Å². The Morgan fingerprint density at radius 3 is 2.46 bits per heavy atom. The molecule has 2 aliphatic carbocycles. The number of para-hydroxylation sites is 1. The number of aryl methyl sites for hydroxylation is 1. The Balaban J connectivity index is 0.000000159. The van der Waals surface area contributed by atoms with Crippen molar-refractivity contribution in [2.24, 2.45) is 0 Å². The lowest BCUT2D eigenvalue weighted by molar-refractivity contribution is 0.345. The number of nitrogens with one attached hydrogen (secondary N) is 1. The minimum atomic E-state index is -0.142. The van der Waals surface area contributed by atoms with Crippen LogP contribution in [0.5, 0.6) is 0 Å². The summed E-state index contributed by atoms with van der Waals surface area (Å²) < 4.78 is 4.16. The van der Waals surface area contributed by atoms with Crippen molar-refractivity contribution in [2.45, 2.75) is 68.8 Å². The lowest BCUT2D eigenvalue weighted by Gasteiger charge is -2.23. The van der Waals surface area contributed by atoms with Crippen LogP contribution < -0.4 is 16.4 Å². The molecule has 5 aromatic rings. The van der Waals surface area contributed by atoms with E-state index in [9.17, 15) is 9.59 Å². The first-order valence-corrected chi connectivity index (χ1v) is 14.7. The number of nitrogens with zero attached hydrogens (tertiary/aromatic N) is 5. The average molecular weight is 559 g/mol. The molecule has 0 saturated heterocycles. The highest BCUT2D eigenvalue weighted by atomic mass is 32.1. The van der Waals surface area contributed by atoms with Crippen LogP contribution in [-0.4, -0.2) is 30.1 Å². The predicted octanol–water partition coefficient (Wildman–Crippen LogP) is 5.92. The standard InChI is InChI=1S/C18H20N4OS.C11H10N2OS/c23-18-16-15(20-10-22(18)12-4-2-1-3-5-12)14-13(21-11-6-7-11)8-9-19-17(14)24-16;1-8-12-7-10(15)11(14)13(8)9-5-3-2-4-6-9/h8-12H,1-7H2,(H,19,21);2-7,15H,1H3. The first-order valence-electron chi connectivity index (χ1n) is 13.4. The molecule has 8 nitrogen and oxygen atoms in total. The summed E-state index contributed by atoms with van der Waals surface area (Å²) in [4.78, 5) is 39.4. The van der Waals surface area contributed by atoms with Gasteiger partial charge in [0.2, 0.25) is 0 Å². The number of thiophene rings is 1. The second-order valence-electron chi connectivity index (χ2n) is 10.2. The molecular formula is C29H30N6O2S2. The van der Waals surface area contributed by atoms with E-state index in [0.29, 0.717) is 22.8 Å². The van der Waals surface area contributed by atoms with Gasteiger partial charge in [-0.25, -0.2) is 15.0 Å². The fourth-order valence-electron chi connectivity index (χ4n) is 5.16. The Hall–Kier alpha value is -3.50. The van der Waals surface area contributed by atoms with Crippen molar-refractivity contribution in [3.05, 3.63) is 81.7 Å². The molecule has 2 saturated carbocycles. The minimum Gasteiger partial charge on any atom is -0.382 e. The van der Waals surface area contributed by atoms with E-state index in [1.165, 1.54) is 49.6 Å². The Morgan fingerprint density at radius 2 is 1.72 bits per heavy atom. The largest absolute Gasteiger partial charge is 0.382 e. The van der Waals surface area contributed by atoms with Crippen LogP contribution in [0.15, 0.2) is 69.6 Å². The first kappa shape index (κ1) is 25.8. The second kappa shape index (κ2) is 10.9. The summed E-state index contributed by atoms with van der Waals surface area (Å²) in [7, 11) is 0. The molecule has 4 heterocycles. The summed E-state index contributed by atoms with van der Waals surface area (Å²) in [6.45, 7) is 1.79. The molecule has 0 unspecified atom stereocenters. The van der Waals surface area contributed by atoms with Gasteiger partial charge in [-0.1, -0.05) is 37.5 Å². The molecule has 1 N–H and O–H groups in total. The summed E-state index contributed by atoms with van der Waals surface area (Å²) in [5, 5.41) is 4.56. The molecule has 10 heteroatoms. The van der Waals surface area contributed by atoms with Gasteiger partial charge in [0.1, 0.15) is 15.4 Å². The van der Waals surface area contributed by atoms with Crippen molar-refractivity contribution in [1.29, 1.82) is 0 Å². The third-order valence-corrected chi connectivity index (χ3v) is 8.73. The quantitative estimate of drug-likeness (QED) is 0.266. The van der Waals surface area contributed by atoms with Crippen molar-refractivity contribution in [3.8, 4) is 5.69 Å². The van der Waals surface area contributed by atoms with Crippen LogP contribution in [0.2, 0.25) is 0 Å². The van der Waals surface area contributed by atoms with Gasteiger partial charge in [-0.15, -0.1) is 24.0 Å². The number of thiol groups is 1. The van der Waals surface area contributed by atoms with Gasteiger partial charge < -0.3 is 5.32 Å². The van der Waals surface area contributed by atoms with Crippen molar-refractivity contribution < 1.29 is 0 Å². The van der Waals surface area contributed by atoms with Crippen molar-refractivity contribution >= 4 is 50.1 Å². The molecule has 2 aliphatic rings. The summed E-state index contributed by atoms with van der Waals surface area (Å²) in [5.41, 5.74) is 2.65. The summed E-state index contributed by atoms with van der Waals surface area (Å²) in [6, 6.07) is 12.3. The van der Waals surface area contributed by atoms with E-state index in [4.69, 9.17) is 0 Å². The minimum absolute atomic E-state index is 0.104. The molecule has 7 rings (SSSR count). The van der Waals surface area contributed by atoms with Crippen molar-refractivity contribution in [3.63, 3.8) is 0 Å². The van der Waals surface area contributed by atoms with Crippen LogP contribution >= 0.6 is 24.0 Å². The molecular weight excluding hydrogens is 528 g/mol. The molecule has 4 aromatic heterocycles. The Kier molecular flexibility index (Phi) is 7.22. The molecule has 0 spiro atoms. The van der Waals surface area contributed by atoms with Gasteiger partial charge in [0.05, 0.1) is 27.8 Å². The monoisotopic (exact) mass is 558 g/mol. The van der Waals surface area contributed by atoms with Crippen LogP contribution in [-0.2, 0) is 0 Å². The summed E-state index contributed by atoms with van der Waals surface area (Å²) in [6.07, 6.45) is 13.4. The van der Waals surface area contributed by atoms with E-state index < -0.39 is 0 Å². The number of hydrogen-bond acceptors (Lipinski definition) is 8. The number of hydrogen-bond donors (Lipinski definition) is 2. The maximum absolute atomic E-state index is 13.0. The van der Waals surface area contributed by atoms with Gasteiger partial charge in [0.25, 0.3) is 11.1 Å². The zero-order chi connectivity index (χ0) is 26.9. The Labute approximate surface area is 235 Å². The van der Waals surface area contributed by atoms with Gasteiger partial charge in [0, 0.05) is 30.2 Å². The van der Waals surface area contributed by atoms with E-state index in [1.807, 2.05) is 47.2 Å². The highest BCUT2D eigenvalue weighted by Crippen LogP contribution is 2.37. The van der Waals surface area contributed by atoms with E-state index in [1.54, 1.807) is 17.8 Å². The molecule has 0 atom stereocenters. The van der Waals surface area contributed by atoms with Crippen LogP contribution in [0, 0.1) is 6.92 Å². The normalized spacial score (nSPS) is 15.7.